The summed E-state index contributed by atoms with van der Waals surface area (Å²) in [5.41, 5.74) is 20.4. The van der Waals surface area contributed by atoms with Crippen molar-refractivity contribution in [1.29, 1.82) is 0 Å². The summed E-state index contributed by atoms with van der Waals surface area (Å²) < 4.78 is 7.00. The van der Waals surface area contributed by atoms with Crippen molar-refractivity contribution in [2.75, 3.05) is 27.8 Å². The summed E-state index contributed by atoms with van der Waals surface area (Å²) in [6, 6.07) is 43.5. The largest absolute Gasteiger partial charge is 0.458 e. The maximum atomic E-state index is 7.00. The lowest BCUT2D eigenvalue weighted by Gasteiger charge is -2.47. The molecule has 0 amide bonds. The van der Waals surface area contributed by atoms with Crippen LogP contribution in [-0.2, 0) is 12.8 Å². The number of hydrogen-bond acceptors (Lipinski definition) is 4. The zero-order valence-corrected chi connectivity index (χ0v) is 26.6. The van der Waals surface area contributed by atoms with E-state index in [2.05, 4.69) is 130 Å². The van der Waals surface area contributed by atoms with Crippen molar-refractivity contribution in [3.63, 3.8) is 0 Å². The molecule has 0 unspecified atom stereocenters. The number of fused-ring (bicyclic) bond motifs is 8. The van der Waals surface area contributed by atoms with Gasteiger partial charge >= 0.3 is 0 Å². The van der Waals surface area contributed by atoms with E-state index in [-0.39, 0.29) is 13.4 Å². The molecule has 6 aromatic rings. The Hall–Kier alpha value is -5.35. The van der Waals surface area contributed by atoms with Crippen molar-refractivity contribution in [3.05, 3.63) is 126 Å². The van der Waals surface area contributed by atoms with Crippen molar-refractivity contribution in [2.45, 2.75) is 25.7 Å². The molecular weight excluding hydrogens is 584 g/mol. The van der Waals surface area contributed by atoms with E-state index in [0.29, 0.717) is 0 Å². The van der Waals surface area contributed by atoms with E-state index in [1.807, 2.05) is 0 Å². The maximum absolute atomic E-state index is 7.00. The quantitative estimate of drug-likeness (QED) is 0.230. The van der Waals surface area contributed by atoms with Gasteiger partial charge in [-0.3, -0.25) is 0 Å². The van der Waals surface area contributed by atoms with Gasteiger partial charge < -0.3 is 19.4 Å². The van der Waals surface area contributed by atoms with E-state index in [0.717, 1.165) is 37.4 Å². The minimum atomic E-state index is 0.126. The average molecular weight is 615 g/mol. The summed E-state index contributed by atoms with van der Waals surface area (Å²) >= 11 is 0. The van der Waals surface area contributed by atoms with Crippen LogP contribution in [0.5, 0.6) is 11.5 Å². The molecule has 0 aliphatic carbocycles. The molecule has 0 saturated carbocycles. The molecule has 226 valence electrons. The fourth-order valence-corrected chi connectivity index (χ4v) is 10.1. The summed E-state index contributed by atoms with van der Waals surface area (Å²) in [5.74, 6) is 1.96. The summed E-state index contributed by atoms with van der Waals surface area (Å²) in [4.78, 5) is 7.68. The Morgan fingerprint density at radius 1 is 0.479 bits per heavy atom. The Labute approximate surface area is 281 Å². The molecule has 0 bridgehead atoms. The number of aryl methyl sites for hydroxylation is 2. The predicted octanol–water partition coefficient (Wildman–Crippen LogP) is 5.40. The van der Waals surface area contributed by atoms with E-state index in [1.54, 1.807) is 0 Å². The van der Waals surface area contributed by atoms with Gasteiger partial charge in [-0.05, 0) is 106 Å². The second-order valence-electron chi connectivity index (χ2n) is 14.2. The second kappa shape index (κ2) is 9.17. The normalized spacial score (nSPS) is 16.6. The second-order valence-corrected chi connectivity index (χ2v) is 14.2. The van der Waals surface area contributed by atoms with Crippen LogP contribution < -0.4 is 52.2 Å². The minimum Gasteiger partial charge on any atom is -0.458 e. The smallest absolute Gasteiger partial charge is 0.256 e. The first-order valence-electron chi connectivity index (χ1n) is 17.6. The van der Waals surface area contributed by atoms with Crippen molar-refractivity contribution in [1.82, 2.24) is 0 Å². The minimum absolute atomic E-state index is 0.126. The third-order valence-corrected chi connectivity index (χ3v) is 11.9. The van der Waals surface area contributed by atoms with Crippen molar-refractivity contribution < 1.29 is 4.74 Å². The third-order valence-electron chi connectivity index (χ3n) is 11.9. The van der Waals surface area contributed by atoms with E-state index in [1.165, 1.54) is 96.6 Å². The van der Waals surface area contributed by atoms with Crippen LogP contribution in [0.25, 0.3) is 0 Å². The summed E-state index contributed by atoms with van der Waals surface area (Å²) in [5, 5.41) is 0. The van der Waals surface area contributed by atoms with Crippen LogP contribution >= 0.6 is 0 Å². The molecule has 0 atom stereocenters. The van der Waals surface area contributed by atoms with E-state index in [9.17, 15) is 0 Å². The summed E-state index contributed by atoms with van der Waals surface area (Å²) in [7, 11) is 0. The number of nitrogens with zero attached hydrogens (tertiary/aromatic N) is 3. The van der Waals surface area contributed by atoms with Crippen LogP contribution in [0, 0.1) is 0 Å². The SMILES string of the molecule is c1ccc(N2c3cc4c(cc3B3c5cccc6c5N(CCC6)c5cccc2c53)B2c3cccc5c3N(CCC5)c3cccc(c32)O4)cc1. The fraction of sp³-hybridized carbons (Fsp3) is 0.143. The number of anilines is 7. The van der Waals surface area contributed by atoms with Gasteiger partial charge in [-0.1, -0.05) is 72.8 Å². The molecule has 4 nitrogen and oxygen atoms in total. The van der Waals surface area contributed by atoms with Gasteiger partial charge in [0.25, 0.3) is 13.4 Å². The molecule has 12 rings (SSSR count). The molecule has 6 aromatic carbocycles. The molecule has 6 heteroatoms. The first-order chi connectivity index (χ1) is 23.8. The van der Waals surface area contributed by atoms with Gasteiger partial charge in [0.15, 0.2) is 0 Å². The summed E-state index contributed by atoms with van der Waals surface area (Å²) in [6.07, 6.45) is 4.63. The molecule has 0 aromatic heterocycles. The van der Waals surface area contributed by atoms with Crippen molar-refractivity contribution in [3.8, 4) is 11.5 Å². The Morgan fingerprint density at radius 2 is 1.10 bits per heavy atom. The molecule has 0 saturated heterocycles. The van der Waals surface area contributed by atoms with Crippen LogP contribution in [0.15, 0.2) is 115 Å². The Morgan fingerprint density at radius 3 is 1.83 bits per heavy atom. The van der Waals surface area contributed by atoms with Crippen LogP contribution in [0.3, 0.4) is 0 Å². The summed E-state index contributed by atoms with van der Waals surface area (Å²) in [6.45, 7) is 2.37. The molecule has 6 heterocycles. The van der Waals surface area contributed by atoms with Gasteiger partial charge in [0.2, 0.25) is 0 Å². The van der Waals surface area contributed by atoms with Crippen LogP contribution in [0.2, 0.25) is 0 Å². The van der Waals surface area contributed by atoms with Gasteiger partial charge in [0.05, 0.1) is 0 Å². The molecule has 0 fully saturated rings. The Kier molecular flexibility index (Phi) is 4.91. The molecular formula is C42H31B2N3O. The lowest BCUT2D eigenvalue weighted by Crippen LogP contribution is -2.65. The predicted molar refractivity (Wildman–Crippen MR) is 200 cm³/mol. The Bertz CT molecular complexity index is 2390. The average Bonchev–Trinajstić information content (AvgIpc) is 3.14. The molecule has 6 aliphatic rings. The number of para-hydroxylation sites is 3. The Balaban J connectivity index is 1.17. The van der Waals surface area contributed by atoms with Crippen LogP contribution in [0.4, 0.5) is 39.8 Å². The highest BCUT2D eigenvalue weighted by Crippen LogP contribution is 2.45. The van der Waals surface area contributed by atoms with Crippen LogP contribution in [0.1, 0.15) is 24.0 Å². The highest BCUT2D eigenvalue weighted by molar-refractivity contribution is 7.02. The van der Waals surface area contributed by atoms with E-state index < -0.39 is 0 Å². The first-order valence-corrected chi connectivity index (χ1v) is 17.6. The lowest BCUT2D eigenvalue weighted by atomic mass is 9.30. The highest BCUT2D eigenvalue weighted by Gasteiger charge is 2.47. The van der Waals surface area contributed by atoms with E-state index >= 15 is 0 Å². The number of rotatable bonds is 1. The molecule has 48 heavy (non-hydrogen) atoms. The monoisotopic (exact) mass is 615 g/mol. The number of ether oxygens (including phenoxy) is 1. The van der Waals surface area contributed by atoms with Gasteiger partial charge in [-0.25, -0.2) is 0 Å². The van der Waals surface area contributed by atoms with Gasteiger partial charge in [-0.15, -0.1) is 0 Å². The first kappa shape index (κ1) is 25.7. The zero-order valence-electron chi connectivity index (χ0n) is 26.6. The lowest BCUT2D eigenvalue weighted by molar-refractivity contribution is 0.487. The third kappa shape index (κ3) is 3.14. The highest BCUT2D eigenvalue weighted by atomic mass is 16.5. The van der Waals surface area contributed by atoms with Gasteiger partial charge in [0, 0.05) is 59.0 Å². The van der Waals surface area contributed by atoms with Crippen molar-refractivity contribution in [2.24, 2.45) is 0 Å². The fourth-order valence-electron chi connectivity index (χ4n) is 10.1. The standard InChI is InChI=1S/C42H31B2N3O/c1-2-14-28(15-3-1)47-35-20-6-18-33-39(35)43(29-16-4-10-26-12-8-22-45(33)41(26)29)31-24-32-38(25-36(31)47)48-37-21-7-19-34-40(37)44(32)30-17-5-11-27-13-9-23-46(34)42(27)30/h1-7,10-11,14-21,24-25H,8-9,12-13,22-23H2. The van der Waals surface area contributed by atoms with Gasteiger partial charge in [0.1, 0.15) is 11.5 Å². The molecule has 0 spiro atoms. The topological polar surface area (TPSA) is 19.0 Å². The maximum Gasteiger partial charge on any atom is 0.256 e. The molecule has 0 radical (unpaired) electrons. The molecule has 0 N–H and O–H groups in total. The van der Waals surface area contributed by atoms with Crippen LogP contribution in [-0.4, -0.2) is 26.5 Å². The number of hydrogen-bond donors (Lipinski definition) is 0. The van der Waals surface area contributed by atoms with Crippen molar-refractivity contribution >= 4 is 86.0 Å². The van der Waals surface area contributed by atoms with E-state index in [4.69, 9.17) is 4.74 Å². The number of benzene rings is 6. The van der Waals surface area contributed by atoms with Gasteiger partial charge in [-0.2, -0.15) is 0 Å². The molecule has 6 aliphatic heterocycles. The zero-order chi connectivity index (χ0) is 31.1.